The van der Waals surface area contributed by atoms with Crippen LogP contribution in [0, 0.1) is 5.82 Å². The molecule has 0 fully saturated rings. The Morgan fingerprint density at radius 1 is 1.37 bits per heavy atom. The van der Waals surface area contributed by atoms with Crippen LogP contribution in [0.4, 0.5) is 10.1 Å². The average Bonchev–Trinajstić information content (AvgIpc) is 2.37. The van der Waals surface area contributed by atoms with Gasteiger partial charge in [-0.2, -0.15) is 11.8 Å². The zero-order chi connectivity index (χ0) is 14.3. The topological polar surface area (TPSA) is 92.4 Å². The third kappa shape index (κ3) is 6.21. The van der Waals surface area contributed by atoms with Crippen molar-refractivity contribution in [1.82, 2.24) is 0 Å². The van der Waals surface area contributed by atoms with Crippen molar-refractivity contribution < 1.29 is 19.1 Å². The second kappa shape index (κ2) is 7.75. The molecule has 0 aromatic heterocycles. The number of carboxylic acids is 1. The van der Waals surface area contributed by atoms with E-state index in [1.807, 2.05) is 0 Å². The van der Waals surface area contributed by atoms with Crippen LogP contribution in [0.5, 0.6) is 0 Å². The molecule has 5 nitrogen and oxygen atoms in total. The molecule has 1 rings (SSSR count). The zero-order valence-corrected chi connectivity index (χ0v) is 11.0. The molecule has 1 aromatic rings. The summed E-state index contributed by atoms with van der Waals surface area (Å²) in [5.74, 6) is -0.944. The first kappa shape index (κ1) is 15.5. The molecule has 1 amide bonds. The standard InChI is InChI=1S/C12H15FN2O3S/c13-8-1-3-9(4-2-8)15-11(16)7-19-6-5-10(14)12(17)18/h1-4,10H,5-7,14H2,(H,15,16)(H,17,18). The molecule has 1 unspecified atom stereocenters. The van der Waals surface area contributed by atoms with E-state index in [2.05, 4.69) is 5.32 Å². The van der Waals surface area contributed by atoms with E-state index in [4.69, 9.17) is 10.8 Å². The van der Waals surface area contributed by atoms with Crippen LogP contribution in [0.3, 0.4) is 0 Å². The Morgan fingerprint density at radius 2 is 2.00 bits per heavy atom. The van der Waals surface area contributed by atoms with Crippen molar-refractivity contribution >= 4 is 29.3 Å². The number of nitrogens with one attached hydrogen (secondary N) is 1. The molecule has 19 heavy (non-hydrogen) atoms. The minimum Gasteiger partial charge on any atom is -0.480 e. The van der Waals surface area contributed by atoms with Gasteiger partial charge in [0.25, 0.3) is 0 Å². The van der Waals surface area contributed by atoms with Gasteiger partial charge in [-0.1, -0.05) is 0 Å². The van der Waals surface area contributed by atoms with Crippen molar-refractivity contribution in [2.24, 2.45) is 5.73 Å². The van der Waals surface area contributed by atoms with E-state index >= 15 is 0 Å². The summed E-state index contributed by atoms with van der Waals surface area (Å²) in [5, 5.41) is 11.2. The van der Waals surface area contributed by atoms with Gasteiger partial charge < -0.3 is 16.2 Å². The Bertz CT molecular complexity index is 439. The molecular weight excluding hydrogens is 271 g/mol. The molecule has 1 atom stereocenters. The molecule has 0 aliphatic heterocycles. The first-order chi connectivity index (χ1) is 8.99. The number of rotatable bonds is 7. The zero-order valence-electron chi connectivity index (χ0n) is 10.1. The SMILES string of the molecule is NC(CCSCC(=O)Nc1ccc(F)cc1)C(=O)O. The quantitative estimate of drug-likeness (QED) is 0.657. The highest BCUT2D eigenvalue weighted by Crippen LogP contribution is 2.10. The number of hydrogen-bond donors (Lipinski definition) is 3. The van der Waals surface area contributed by atoms with E-state index in [0.717, 1.165) is 0 Å². The van der Waals surface area contributed by atoms with Gasteiger partial charge in [0.1, 0.15) is 11.9 Å². The van der Waals surface area contributed by atoms with Crippen LogP contribution in [-0.4, -0.2) is 34.5 Å². The van der Waals surface area contributed by atoms with Gasteiger partial charge in [-0.15, -0.1) is 0 Å². The van der Waals surface area contributed by atoms with E-state index in [1.165, 1.54) is 36.0 Å². The molecule has 0 radical (unpaired) electrons. The summed E-state index contributed by atoms with van der Waals surface area (Å²) in [7, 11) is 0. The fourth-order valence-electron chi connectivity index (χ4n) is 1.23. The molecule has 0 saturated heterocycles. The number of hydrogen-bond acceptors (Lipinski definition) is 4. The van der Waals surface area contributed by atoms with Gasteiger partial charge in [0, 0.05) is 5.69 Å². The van der Waals surface area contributed by atoms with E-state index in [0.29, 0.717) is 17.9 Å². The Kier molecular flexibility index (Phi) is 6.31. The lowest BCUT2D eigenvalue weighted by Gasteiger charge is -2.07. The van der Waals surface area contributed by atoms with Gasteiger partial charge in [0.15, 0.2) is 0 Å². The molecule has 0 aliphatic carbocycles. The summed E-state index contributed by atoms with van der Waals surface area (Å²) in [4.78, 5) is 22.0. The number of carboxylic acid groups (broad SMARTS) is 1. The van der Waals surface area contributed by atoms with Crippen LogP contribution in [0.1, 0.15) is 6.42 Å². The predicted octanol–water partition coefficient (Wildman–Crippen LogP) is 1.30. The monoisotopic (exact) mass is 286 g/mol. The molecule has 7 heteroatoms. The van der Waals surface area contributed by atoms with Gasteiger partial charge in [0.05, 0.1) is 5.75 Å². The maximum absolute atomic E-state index is 12.6. The smallest absolute Gasteiger partial charge is 0.320 e. The number of amides is 1. The average molecular weight is 286 g/mol. The summed E-state index contributed by atoms with van der Waals surface area (Å²) in [5.41, 5.74) is 5.84. The van der Waals surface area contributed by atoms with Crippen LogP contribution in [0.25, 0.3) is 0 Å². The fourth-order valence-corrected chi connectivity index (χ4v) is 2.05. The van der Waals surface area contributed by atoms with Crippen molar-refractivity contribution in [3.05, 3.63) is 30.1 Å². The third-order valence-electron chi connectivity index (χ3n) is 2.25. The van der Waals surface area contributed by atoms with E-state index in [1.54, 1.807) is 0 Å². The normalized spacial score (nSPS) is 11.9. The minimum atomic E-state index is -1.05. The number of benzene rings is 1. The maximum Gasteiger partial charge on any atom is 0.320 e. The van der Waals surface area contributed by atoms with Crippen molar-refractivity contribution in [2.45, 2.75) is 12.5 Å². The number of carbonyl (C=O) groups is 2. The van der Waals surface area contributed by atoms with Gasteiger partial charge in [-0.25, -0.2) is 4.39 Å². The molecule has 1 aromatic carbocycles. The van der Waals surface area contributed by atoms with Gasteiger partial charge in [-0.05, 0) is 36.4 Å². The Hall–Kier alpha value is -1.60. The number of aliphatic carboxylic acids is 1. The van der Waals surface area contributed by atoms with Gasteiger partial charge in [-0.3, -0.25) is 9.59 Å². The summed E-state index contributed by atoms with van der Waals surface area (Å²) in [6, 6.07) is 4.56. The second-order valence-corrected chi connectivity index (χ2v) is 4.95. The number of carbonyl (C=O) groups excluding carboxylic acids is 1. The van der Waals surface area contributed by atoms with Crippen LogP contribution in [0.15, 0.2) is 24.3 Å². The lowest BCUT2D eigenvalue weighted by Crippen LogP contribution is -2.30. The molecule has 0 aliphatic rings. The highest BCUT2D eigenvalue weighted by atomic mass is 32.2. The molecular formula is C12H15FN2O3S. The van der Waals surface area contributed by atoms with Crippen molar-refractivity contribution in [3.63, 3.8) is 0 Å². The van der Waals surface area contributed by atoms with Crippen LogP contribution < -0.4 is 11.1 Å². The highest BCUT2D eigenvalue weighted by Gasteiger charge is 2.11. The number of halogens is 1. The number of nitrogens with two attached hydrogens (primary N) is 1. The number of anilines is 1. The molecule has 4 N–H and O–H groups in total. The summed E-state index contributed by atoms with van der Waals surface area (Å²) < 4.78 is 12.6. The lowest BCUT2D eigenvalue weighted by molar-refractivity contribution is -0.138. The first-order valence-electron chi connectivity index (χ1n) is 5.60. The molecule has 104 valence electrons. The van der Waals surface area contributed by atoms with Crippen molar-refractivity contribution in [3.8, 4) is 0 Å². The minimum absolute atomic E-state index is 0.198. The van der Waals surface area contributed by atoms with E-state index < -0.39 is 12.0 Å². The molecule has 0 bridgehead atoms. The second-order valence-electron chi connectivity index (χ2n) is 3.84. The lowest BCUT2D eigenvalue weighted by atomic mass is 10.2. The molecule has 0 heterocycles. The first-order valence-corrected chi connectivity index (χ1v) is 6.76. The van der Waals surface area contributed by atoms with Gasteiger partial charge >= 0.3 is 5.97 Å². The molecule has 0 spiro atoms. The van der Waals surface area contributed by atoms with Crippen molar-refractivity contribution in [2.75, 3.05) is 16.8 Å². The van der Waals surface area contributed by atoms with E-state index in [9.17, 15) is 14.0 Å². The summed E-state index contributed by atoms with van der Waals surface area (Å²) >= 11 is 1.30. The summed E-state index contributed by atoms with van der Waals surface area (Å²) in [6.07, 6.45) is 0.309. The Labute approximate surface area is 114 Å². The van der Waals surface area contributed by atoms with Crippen LogP contribution in [0.2, 0.25) is 0 Å². The van der Waals surface area contributed by atoms with Crippen LogP contribution >= 0.6 is 11.8 Å². The summed E-state index contributed by atoms with van der Waals surface area (Å²) in [6.45, 7) is 0. The third-order valence-corrected chi connectivity index (χ3v) is 3.24. The maximum atomic E-state index is 12.6. The Morgan fingerprint density at radius 3 is 2.58 bits per heavy atom. The van der Waals surface area contributed by atoms with Gasteiger partial charge in [0.2, 0.25) is 5.91 Å². The predicted molar refractivity (Wildman–Crippen MR) is 72.6 cm³/mol. The number of thioether (sulfide) groups is 1. The van der Waals surface area contributed by atoms with E-state index in [-0.39, 0.29) is 17.5 Å². The fraction of sp³-hybridized carbons (Fsp3) is 0.333. The highest BCUT2D eigenvalue weighted by molar-refractivity contribution is 7.99. The van der Waals surface area contributed by atoms with Crippen molar-refractivity contribution in [1.29, 1.82) is 0 Å². The largest absolute Gasteiger partial charge is 0.480 e. The molecule has 0 saturated carbocycles. The Balaban J connectivity index is 2.21. The van der Waals surface area contributed by atoms with Crippen LogP contribution in [-0.2, 0) is 9.59 Å².